The standard InChI is InChI=1S/C33H32F5N9O2/c1-16-11-21-20(13-41-45-21)22(24(16)33(36,37)38)26-25(35)27-23-29(44-31(43-27)49-15-32-6-4-8-46(32)14-18(34)12-32)47(9-10-48-30(23)42-26)17(2)19-5-3-7-40-28(19)39/h3,5,7,11,13,17-18H,4,6,8-10,12,14-15H2,1-2H3,(H2,39,40)(H,41,45)/t17?,18-,32+/m1/s1. The third-order valence-corrected chi connectivity index (χ3v) is 10.0. The number of nitrogens with zero attached hydrogens (tertiary/aromatic N) is 7. The van der Waals surface area contributed by atoms with Crippen LogP contribution >= 0.6 is 0 Å². The van der Waals surface area contributed by atoms with Crippen molar-refractivity contribution >= 4 is 33.4 Å². The molecule has 0 bridgehead atoms. The molecule has 0 saturated carbocycles. The zero-order chi connectivity index (χ0) is 34.2. The number of pyridine rings is 2. The van der Waals surface area contributed by atoms with Gasteiger partial charge in [-0.2, -0.15) is 28.2 Å². The van der Waals surface area contributed by atoms with E-state index in [1.54, 1.807) is 12.3 Å². The van der Waals surface area contributed by atoms with E-state index >= 15 is 4.39 Å². The van der Waals surface area contributed by atoms with Gasteiger partial charge in [0, 0.05) is 35.7 Å². The first-order valence-electron chi connectivity index (χ1n) is 16.0. The average Bonchev–Trinajstić information content (AvgIpc) is 3.72. The first-order valence-corrected chi connectivity index (χ1v) is 16.0. The van der Waals surface area contributed by atoms with E-state index in [1.165, 1.54) is 19.2 Å². The molecule has 8 rings (SSSR count). The quantitative estimate of drug-likeness (QED) is 0.208. The van der Waals surface area contributed by atoms with Gasteiger partial charge in [-0.1, -0.05) is 6.07 Å². The molecule has 2 fully saturated rings. The summed E-state index contributed by atoms with van der Waals surface area (Å²) in [6, 6.07) is 4.20. The van der Waals surface area contributed by atoms with Crippen LogP contribution in [0.25, 0.3) is 33.1 Å². The molecule has 49 heavy (non-hydrogen) atoms. The zero-order valence-electron chi connectivity index (χ0n) is 26.6. The molecule has 4 aromatic heterocycles. The van der Waals surface area contributed by atoms with Crippen LogP contribution in [0.2, 0.25) is 0 Å². The SMILES string of the molecule is Cc1cc2[nH]ncc2c(-c2nc3c4c(nc(OC[C@@]56CCCN5C[C@H](F)C6)nc4c2F)N(C(C)c2cccnc2N)CCO3)c1C(F)(F)F. The molecule has 7 heterocycles. The summed E-state index contributed by atoms with van der Waals surface area (Å²) in [5.41, 5.74) is 4.01. The first-order chi connectivity index (χ1) is 23.4. The fraction of sp³-hybridized carbons (Fsp3) is 0.424. The van der Waals surface area contributed by atoms with E-state index in [0.29, 0.717) is 18.5 Å². The zero-order valence-corrected chi connectivity index (χ0v) is 26.6. The number of rotatable bonds is 6. The van der Waals surface area contributed by atoms with Crippen LogP contribution in [0, 0.1) is 12.7 Å². The molecule has 11 nitrogen and oxygen atoms in total. The van der Waals surface area contributed by atoms with Gasteiger partial charge in [-0.3, -0.25) is 10.00 Å². The van der Waals surface area contributed by atoms with Crippen LogP contribution in [0.1, 0.15) is 48.9 Å². The van der Waals surface area contributed by atoms with Gasteiger partial charge in [0.1, 0.15) is 47.6 Å². The van der Waals surface area contributed by atoms with Crippen LogP contribution in [-0.2, 0) is 6.18 Å². The number of hydrogen-bond acceptors (Lipinski definition) is 10. The molecular weight excluding hydrogens is 649 g/mol. The highest BCUT2D eigenvalue weighted by molar-refractivity contribution is 6.02. The van der Waals surface area contributed by atoms with Gasteiger partial charge in [0.15, 0.2) is 5.82 Å². The summed E-state index contributed by atoms with van der Waals surface area (Å²) in [5, 5.41) is 6.70. The Kier molecular flexibility index (Phi) is 7.28. The van der Waals surface area contributed by atoms with Crippen LogP contribution in [0.3, 0.4) is 0 Å². The summed E-state index contributed by atoms with van der Waals surface area (Å²) < 4.78 is 87.9. The van der Waals surface area contributed by atoms with E-state index in [4.69, 9.17) is 20.2 Å². The summed E-state index contributed by atoms with van der Waals surface area (Å²) >= 11 is 0. The van der Waals surface area contributed by atoms with E-state index in [9.17, 15) is 17.6 Å². The Morgan fingerprint density at radius 1 is 1.22 bits per heavy atom. The van der Waals surface area contributed by atoms with Crippen molar-refractivity contribution in [2.75, 3.05) is 43.5 Å². The highest BCUT2D eigenvalue weighted by Crippen LogP contribution is 2.47. The van der Waals surface area contributed by atoms with E-state index in [1.807, 2.05) is 17.9 Å². The van der Waals surface area contributed by atoms with E-state index < -0.39 is 46.6 Å². The molecule has 3 atom stereocenters. The van der Waals surface area contributed by atoms with Gasteiger partial charge in [0.25, 0.3) is 0 Å². The number of anilines is 2. The molecule has 2 saturated heterocycles. The Morgan fingerprint density at radius 3 is 2.86 bits per heavy atom. The lowest BCUT2D eigenvalue weighted by Crippen LogP contribution is -2.43. The average molecular weight is 682 g/mol. The molecule has 0 aliphatic carbocycles. The molecule has 3 aliphatic heterocycles. The highest BCUT2D eigenvalue weighted by atomic mass is 19.4. The molecule has 3 N–H and O–H groups in total. The first kappa shape index (κ1) is 31.4. The maximum atomic E-state index is 17.1. The summed E-state index contributed by atoms with van der Waals surface area (Å²) in [4.78, 5) is 21.7. The van der Waals surface area contributed by atoms with Gasteiger partial charge in [0.05, 0.1) is 35.4 Å². The van der Waals surface area contributed by atoms with Gasteiger partial charge >= 0.3 is 12.2 Å². The highest BCUT2D eigenvalue weighted by Gasteiger charge is 2.49. The fourth-order valence-electron chi connectivity index (χ4n) is 7.81. The van der Waals surface area contributed by atoms with Crippen LogP contribution in [0.15, 0.2) is 30.6 Å². The number of aromatic nitrogens is 6. The van der Waals surface area contributed by atoms with Crippen molar-refractivity contribution in [2.24, 2.45) is 0 Å². The van der Waals surface area contributed by atoms with Gasteiger partial charge in [-0.15, -0.1) is 0 Å². The monoisotopic (exact) mass is 681 g/mol. The van der Waals surface area contributed by atoms with E-state index in [2.05, 4.69) is 30.0 Å². The van der Waals surface area contributed by atoms with Crippen molar-refractivity contribution in [1.29, 1.82) is 0 Å². The molecular formula is C33H32F5N9O2. The third kappa shape index (κ3) is 5.06. The number of nitrogen functional groups attached to an aromatic ring is 1. The molecule has 3 aliphatic rings. The summed E-state index contributed by atoms with van der Waals surface area (Å²) in [6.45, 7) is 4.51. The fourth-order valence-corrected chi connectivity index (χ4v) is 7.81. The predicted molar refractivity (Wildman–Crippen MR) is 171 cm³/mol. The summed E-state index contributed by atoms with van der Waals surface area (Å²) in [5.74, 6) is -0.766. The predicted octanol–water partition coefficient (Wildman–Crippen LogP) is 5.93. The second-order valence-electron chi connectivity index (χ2n) is 13.0. The van der Waals surface area contributed by atoms with Crippen molar-refractivity contribution in [2.45, 2.75) is 57.0 Å². The van der Waals surface area contributed by atoms with Crippen LogP contribution in [-0.4, -0.2) is 79.6 Å². The van der Waals surface area contributed by atoms with Crippen LogP contribution in [0.5, 0.6) is 11.9 Å². The number of benzene rings is 1. The molecule has 0 spiro atoms. The largest absolute Gasteiger partial charge is 0.475 e. The van der Waals surface area contributed by atoms with E-state index in [0.717, 1.165) is 13.0 Å². The normalized spacial score (nSPS) is 21.6. The van der Waals surface area contributed by atoms with Gasteiger partial charge in [0.2, 0.25) is 5.88 Å². The molecule has 0 radical (unpaired) electrons. The second kappa shape index (κ2) is 11.4. The minimum atomic E-state index is -4.86. The topological polar surface area (TPSA) is 131 Å². The summed E-state index contributed by atoms with van der Waals surface area (Å²) in [6.07, 6.45) is -1.21. The lowest BCUT2D eigenvalue weighted by molar-refractivity contribution is -0.137. The number of hydrogen-bond donors (Lipinski definition) is 2. The lowest BCUT2D eigenvalue weighted by Gasteiger charge is -2.32. The van der Waals surface area contributed by atoms with Gasteiger partial charge in [-0.25, -0.2) is 18.7 Å². The molecule has 5 aromatic rings. The Bertz CT molecular complexity index is 2110. The van der Waals surface area contributed by atoms with Crippen LogP contribution in [0.4, 0.5) is 33.6 Å². The number of alkyl halides is 4. The number of aromatic amines is 1. The Balaban J connectivity index is 1.35. The molecule has 256 valence electrons. The minimum absolute atomic E-state index is 0.0278. The molecule has 0 amide bonds. The van der Waals surface area contributed by atoms with Gasteiger partial charge in [-0.05, 0) is 50.9 Å². The summed E-state index contributed by atoms with van der Waals surface area (Å²) in [7, 11) is 0. The van der Waals surface area contributed by atoms with Crippen molar-refractivity contribution in [1.82, 2.24) is 35.0 Å². The smallest absolute Gasteiger partial charge is 0.417 e. The maximum Gasteiger partial charge on any atom is 0.417 e. The lowest BCUT2D eigenvalue weighted by atomic mass is 9.94. The van der Waals surface area contributed by atoms with Crippen molar-refractivity contribution in [3.05, 3.63) is 53.1 Å². The Labute approximate surface area is 276 Å². The number of fused-ring (bicyclic) bond motifs is 2. The minimum Gasteiger partial charge on any atom is -0.475 e. The Morgan fingerprint density at radius 2 is 2.06 bits per heavy atom. The molecule has 16 heteroatoms. The molecule has 1 unspecified atom stereocenters. The number of nitrogens with one attached hydrogen (secondary N) is 1. The number of H-pyrrole nitrogens is 1. The molecule has 1 aromatic carbocycles. The van der Waals surface area contributed by atoms with Crippen molar-refractivity contribution in [3.8, 4) is 23.1 Å². The number of ether oxygens (including phenoxy) is 2. The van der Waals surface area contributed by atoms with Crippen molar-refractivity contribution < 1.29 is 31.4 Å². The number of halogens is 5. The Hall–Kier alpha value is -4.86. The number of aryl methyl sites for hydroxylation is 1. The van der Waals surface area contributed by atoms with Crippen LogP contribution < -0.4 is 20.1 Å². The second-order valence-corrected chi connectivity index (χ2v) is 13.0. The van der Waals surface area contributed by atoms with Gasteiger partial charge < -0.3 is 20.1 Å². The number of nitrogens with two attached hydrogens (primary N) is 1. The third-order valence-electron chi connectivity index (χ3n) is 10.0. The maximum absolute atomic E-state index is 17.1. The van der Waals surface area contributed by atoms with E-state index in [-0.39, 0.29) is 77.1 Å². The van der Waals surface area contributed by atoms with Crippen molar-refractivity contribution in [3.63, 3.8) is 0 Å².